The Morgan fingerprint density at radius 2 is 1.75 bits per heavy atom. The fourth-order valence-corrected chi connectivity index (χ4v) is 2.67. The van der Waals surface area contributed by atoms with Crippen molar-refractivity contribution >= 4 is 28.4 Å². The summed E-state index contributed by atoms with van der Waals surface area (Å²) in [5, 5.41) is 2.52. The van der Waals surface area contributed by atoms with Crippen molar-refractivity contribution in [3.8, 4) is 0 Å². The lowest BCUT2D eigenvalue weighted by Gasteiger charge is -2.14. The molecule has 0 fully saturated rings. The second-order valence-corrected chi connectivity index (χ2v) is 6.34. The maximum Gasteiger partial charge on any atom is 0.340 e. The van der Waals surface area contributed by atoms with Crippen molar-refractivity contribution in [2.24, 2.45) is 0 Å². The number of halogens is 1. The fourth-order valence-electron chi connectivity index (χ4n) is 1.94. The molecule has 0 radical (unpaired) electrons. The molecule has 0 unspecified atom stereocenters. The molecule has 0 aromatic heterocycles. The molecule has 7 heteroatoms. The van der Waals surface area contributed by atoms with Crippen LogP contribution in [0.1, 0.15) is 17.3 Å². The molecule has 2 atom stereocenters. The molecule has 1 amide bonds. The summed E-state index contributed by atoms with van der Waals surface area (Å²) in [4.78, 5) is 24.6. The molecule has 0 bridgehead atoms. The molecule has 0 heterocycles. The van der Waals surface area contributed by atoms with Gasteiger partial charge in [-0.25, -0.2) is 9.18 Å². The molecule has 1 N–H and O–H groups in total. The van der Waals surface area contributed by atoms with Crippen LogP contribution < -0.4 is 5.32 Å². The molecule has 0 saturated heterocycles. The number of ether oxygens (including phenoxy) is 1. The second kappa shape index (κ2) is 7.83. The average Bonchev–Trinajstić information content (AvgIpc) is 2.56. The molecule has 0 aliphatic carbocycles. The summed E-state index contributed by atoms with van der Waals surface area (Å²) in [6.07, 6.45) is 0.387. The number of amides is 1. The number of esters is 1. The Bertz CT molecular complexity index is 776. The quantitative estimate of drug-likeness (QED) is 0.843. The fraction of sp³-hybridized carbons (Fsp3) is 0.176. The number of carbonyl (C=O) groups excluding carboxylic acids is 2. The van der Waals surface area contributed by atoms with E-state index in [9.17, 15) is 18.2 Å². The van der Waals surface area contributed by atoms with Crippen molar-refractivity contribution < 1.29 is 22.9 Å². The molecular weight excluding hydrogens is 333 g/mol. The molecule has 0 spiro atoms. The van der Waals surface area contributed by atoms with Gasteiger partial charge < -0.3 is 10.1 Å². The van der Waals surface area contributed by atoms with Crippen LogP contribution in [0.2, 0.25) is 0 Å². The number of benzene rings is 2. The van der Waals surface area contributed by atoms with Crippen molar-refractivity contribution in [1.29, 1.82) is 0 Å². The van der Waals surface area contributed by atoms with E-state index in [1.807, 2.05) is 0 Å². The summed E-state index contributed by atoms with van der Waals surface area (Å²) >= 11 is 0. The highest BCUT2D eigenvalue weighted by atomic mass is 32.2. The highest BCUT2D eigenvalue weighted by Crippen LogP contribution is 2.15. The topological polar surface area (TPSA) is 72.5 Å². The summed E-state index contributed by atoms with van der Waals surface area (Å²) in [7, 11) is -1.36. The third kappa shape index (κ3) is 4.48. The third-order valence-corrected chi connectivity index (χ3v) is 4.16. The lowest BCUT2D eigenvalue weighted by Crippen LogP contribution is -2.30. The Morgan fingerprint density at radius 3 is 2.38 bits per heavy atom. The molecule has 0 aliphatic rings. The highest BCUT2D eigenvalue weighted by molar-refractivity contribution is 7.84. The van der Waals surface area contributed by atoms with Crippen LogP contribution >= 0.6 is 0 Å². The summed E-state index contributed by atoms with van der Waals surface area (Å²) in [5.41, 5.74) is 0.541. The molecule has 0 aliphatic heterocycles. The number of anilines is 1. The largest absolute Gasteiger partial charge is 0.449 e. The standard InChI is InChI=1S/C17H16FNO4S/c1-11(16(20)19-13-9-7-12(18)8-10-13)23-17(21)14-5-3-4-6-15(14)24(2)22/h3-11H,1-2H3,(H,19,20)/t11-,24-/m0/s1. The van der Waals surface area contributed by atoms with Gasteiger partial charge in [0.05, 0.1) is 21.3 Å². The first-order chi connectivity index (χ1) is 11.4. The maximum absolute atomic E-state index is 12.8. The van der Waals surface area contributed by atoms with E-state index in [-0.39, 0.29) is 5.56 Å². The van der Waals surface area contributed by atoms with Crippen LogP contribution in [-0.4, -0.2) is 28.4 Å². The Morgan fingerprint density at radius 1 is 1.12 bits per heavy atom. The van der Waals surface area contributed by atoms with Gasteiger partial charge in [0, 0.05) is 11.9 Å². The Kier molecular flexibility index (Phi) is 5.81. The first kappa shape index (κ1) is 17.8. The van der Waals surface area contributed by atoms with E-state index in [1.54, 1.807) is 18.2 Å². The zero-order chi connectivity index (χ0) is 17.7. The van der Waals surface area contributed by atoms with Gasteiger partial charge >= 0.3 is 5.97 Å². The SMILES string of the molecule is C[C@H](OC(=O)c1ccccc1[S@](C)=O)C(=O)Nc1ccc(F)cc1. The summed E-state index contributed by atoms with van der Waals surface area (Å²) in [6, 6.07) is 11.6. The summed E-state index contributed by atoms with van der Waals surface area (Å²) in [6.45, 7) is 1.42. The van der Waals surface area contributed by atoms with E-state index in [4.69, 9.17) is 4.74 Å². The van der Waals surface area contributed by atoms with Crippen LogP contribution in [0.15, 0.2) is 53.4 Å². The predicted molar refractivity (Wildman–Crippen MR) is 88.7 cm³/mol. The lowest BCUT2D eigenvalue weighted by atomic mass is 10.2. The van der Waals surface area contributed by atoms with Crippen LogP contribution in [0.25, 0.3) is 0 Å². The van der Waals surface area contributed by atoms with Gasteiger partial charge in [0.15, 0.2) is 6.10 Å². The van der Waals surface area contributed by atoms with Gasteiger partial charge in [-0.15, -0.1) is 0 Å². The van der Waals surface area contributed by atoms with Gasteiger partial charge in [0.2, 0.25) is 0 Å². The summed E-state index contributed by atoms with van der Waals surface area (Å²) < 4.78 is 29.6. The van der Waals surface area contributed by atoms with E-state index >= 15 is 0 Å². The van der Waals surface area contributed by atoms with E-state index in [0.29, 0.717) is 10.6 Å². The number of carbonyl (C=O) groups is 2. The number of nitrogens with one attached hydrogen (secondary N) is 1. The Labute approximate surface area is 141 Å². The monoisotopic (exact) mass is 349 g/mol. The first-order valence-electron chi connectivity index (χ1n) is 7.08. The minimum atomic E-state index is -1.36. The Hall–Kier alpha value is -2.54. The molecule has 2 aromatic rings. The van der Waals surface area contributed by atoms with Crippen molar-refractivity contribution in [3.63, 3.8) is 0 Å². The first-order valence-corrected chi connectivity index (χ1v) is 8.64. The smallest absolute Gasteiger partial charge is 0.340 e. The van der Waals surface area contributed by atoms with Gasteiger partial charge in [-0.1, -0.05) is 12.1 Å². The predicted octanol–water partition coefficient (Wildman–Crippen LogP) is 2.75. The zero-order valence-electron chi connectivity index (χ0n) is 13.1. The number of hydrogen-bond acceptors (Lipinski definition) is 4. The van der Waals surface area contributed by atoms with E-state index in [0.717, 1.165) is 0 Å². The number of rotatable bonds is 5. The summed E-state index contributed by atoms with van der Waals surface area (Å²) in [5.74, 6) is -1.70. The second-order valence-electron chi connectivity index (χ2n) is 4.99. The average molecular weight is 349 g/mol. The Balaban J connectivity index is 2.04. The molecule has 0 saturated carbocycles. The zero-order valence-corrected chi connectivity index (χ0v) is 13.9. The van der Waals surface area contributed by atoms with E-state index < -0.39 is 34.6 Å². The van der Waals surface area contributed by atoms with Crippen LogP contribution in [0.4, 0.5) is 10.1 Å². The van der Waals surface area contributed by atoms with Crippen molar-refractivity contribution in [1.82, 2.24) is 0 Å². The van der Waals surface area contributed by atoms with E-state index in [2.05, 4.69) is 5.32 Å². The van der Waals surface area contributed by atoms with Gasteiger partial charge in [-0.05, 0) is 43.3 Å². The minimum Gasteiger partial charge on any atom is -0.449 e. The molecular formula is C17H16FNO4S. The van der Waals surface area contributed by atoms with Crippen LogP contribution in [-0.2, 0) is 20.3 Å². The number of hydrogen-bond donors (Lipinski definition) is 1. The lowest BCUT2D eigenvalue weighted by molar-refractivity contribution is -0.123. The van der Waals surface area contributed by atoms with Crippen molar-refractivity contribution in [2.75, 3.05) is 11.6 Å². The van der Waals surface area contributed by atoms with Crippen LogP contribution in [0.5, 0.6) is 0 Å². The van der Waals surface area contributed by atoms with Crippen LogP contribution in [0, 0.1) is 5.82 Å². The van der Waals surface area contributed by atoms with Crippen molar-refractivity contribution in [2.45, 2.75) is 17.9 Å². The van der Waals surface area contributed by atoms with Gasteiger partial charge in [-0.2, -0.15) is 0 Å². The molecule has 2 rings (SSSR count). The molecule has 126 valence electrons. The maximum atomic E-state index is 12.8. The molecule has 24 heavy (non-hydrogen) atoms. The molecule has 5 nitrogen and oxygen atoms in total. The van der Waals surface area contributed by atoms with E-state index in [1.165, 1.54) is 43.5 Å². The normalized spacial score (nSPS) is 13.0. The highest BCUT2D eigenvalue weighted by Gasteiger charge is 2.21. The van der Waals surface area contributed by atoms with Gasteiger partial charge in [0.25, 0.3) is 5.91 Å². The van der Waals surface area contributed by atoms with Gasteiger partial charge in [-0.3, -0.25) is 9.00 Å². The minimum absolute atomic E-state index is 0.153. The van der Waals surface area contributed by atoms with Gasteiger partial charge in [0.1, 0.15) is 5.82 Å². The third-order valence-electron chi connectivity index (χ3n) is 3.18. The van der Waals surface area contributed by atoms with Crippen molar-refractivity contribution in [3.05, 3.63) is 59.9 Å². The van der Waals surface area contributed by atoms with Crippen LogP contribution in [0.3, 0.4) is 0 Å². The molecule has 2 aromatic carbocycles.